The van der Waals surface area contributed by atoms with E-state index in [1.165, 1.54) is 6.92 Å². The van der Waals surface area contributed by atoms with Gasteiger partial charge in [-0.2, -0.15) is 0 Å². The minimum Gasteiger partial charge on any atom is -0.420 e. The average Bonchev–Trinajstić information content (AvgIpc) is 2.04. The zero-order valence-electron chi connectivity index (χ0n) is 7.23. The molecule has 2 N–H and O–H groups in total. The number of amides is 1. The highest BCUT2D eigenvalue weighted by Crippen LogP contribution is 2.05. The number of ether oxygens (including phenoxy) is 1. The molecular weight excluding hydrogens is 170 g/mol. The van der Waals surface area contributed by atoms with E-state index < -0.39 is 12.4 Å². The molecule has 1 amide bonds. The zero-order valence-corrected chi connectivity index (χ0v) is 7.23. The molecular formula is C9H11NO3. The lowest BCUT2D eigenvalue weighted by atomic mass is 10.3. The van der Waals surface area contributed by atoms with Crippen molar-refractivity contribution >= 4 is 11.8 Å². The lowest BCUT2D eigenvalue weighted by molar-refractivity contribution is -0.0314. The van der Waals surface area contributed by atoms with Gasteiger partial charge in [-0.25, -0.2) is 4.79 Å². The van der Waals surface area contributed by atoms with E-state index in [4.69, 9.17) is 5.11 Å². The first-order valence-corrected chi connectivity index (χ1v) is 3.89. The Hall–Kier alpha value is -1.55. The molecule has 4 nitrogen and oxygen atoms in total. The van der Waals surface area contributed by atoms with Crippen LogP contribution in [0.1, 0.15) is 6.92 Å². The van der Waals surface area contributed by atoms with Gasteiger partial charge in [0.25, 0.3) is 0 Å². The van der Waals surface area contributed by atoms with E-state index in [9.17, 15) is 4.79 Å². The van der Waals surface area contributed by atoms with Gasteiger partial charge in [0.15, 0.2) is 6.29 Å². The van der Waals surface area contributed by atoms with E-state index in [1.807, 2.05) is 6.07 Å². The van der Waals surface area contributed by atoms with Gasteiger partial charge in [0.05, 0.1) is 0 Å². The molecule has 0 bridgehead atoms. The maximum Gasteiger partial charge on any atom is 0.413 e. The highest BCUT2D eigenvalue weighted by atomic mass is 16.6. The molecule has 0 heterocycles. The average molecular weight is 181 g/mol. The highest BCUT2D eigenvalue weighted by molar-refractivity contribution is 5.84. The summed E-state index contributed by atoms with van der Waals surface area (Å²) in [6, 6.07) is 8.87. The van der Waals surface area contributed by atoms with Crippen LogP contribution in [0.3, 0.4) is 0 Å². The quantitative estimate of drug-likeness (QED) is 0.681. The van der Waals surface area contributed by atoms with E-state index in [-0.39, 0.29) is 0 Å². The second-order valence-corrected chi connectivity index (χ2v) is 2.50. The van der Waals surface area contributed by atoms with Crippen molar-refractivity contribution in [3.63, 3.8) is 0 Å². The summed E-state index contributed by atoms with van der Waals surface area (Å²) in [5.74, 6) is 0. The summed E-state index contributed by atoms with van der Waals surface area (Å²) in [6.07, 6.45) is -1.76. The largest absolute Gasteiger partial charge is 0.420 e. The first-order valence-electron chi connectivity index (χ1n) is 3.89. The molecule has 4 heteroatoms. The van der Waals surface area contributed by atoms with Crippen LogP contribution in [0.4, 0.5) is 10.5 Å². The lowest BCUT2D eigenvalue weighted by Gasteiger charge is -2.07. The summed E-state index contributed by atoms with van der Waals surface area (Å²) in [5.41, 5.74) is 0.633. The van der Waals surface area contributed by atoms with E-state index in [0.717, 1.165) is 0 Å². The molecule has 0 aliphatic rings. The standard InChI is InChI=1S/C9H11NO3/c1-7(11)13-9(12)10-8-5-3-2-4-6-8/h2-7,11H,1H3,(H,10,12). The summed E-state index contributed by atoms with van der Waals surface area (Å²) in [4.78, 5) is 10.9. The van der Waals surface area contributed by atoms with Crippen molar-refractivity contribution in [2.75, 3.05) is 5.32 Å². The van der Waals surface area contributed by atoms with E-state index in [2.05, 4.69) is 10.1 Å². The molecule has 0 aliphatic carbocycles. The number of aliphatic hydroxyl groups excluding tert-OH is 1. The number of carbonyl (C=O) groups excluding carboxylic acids is 1. The second kappa shape index (κ2) is 4.47. The fourth-order valence-electron chi connectivity index (χ4n) is 0.824. The SMILES string of the molecule is CC(O)OC(=O)Nc1ccccc1. The van der Waals surface area contributed by atoms with Gasteiger partial charge in [-0.1, -0.05) is 18.2 Å². The Labute approximate surface area is 76.1 Å². The molecule has 70 valence electrons. The van der Waals surface area contributed by atoms with Crippen molar-refractivity contribution in [2.24, 2.45) is 0 Å². The molecule has 0 radical (unpaired) electrons. The Bertz CT molecular complexity index is 271. The first-order chi connectivity index (χ1) is 6.18. The molecule has 0 fully saturated rings. The van der Waals surface area contributed by atoms with Gasteiger partial charge in [-0.3, -0.25) is 5.32 Å². The van der Waals surface area contributed by atoms with Crippen LogP contribution in [-0.2, 0) is 4.74 Å². The summed E-state index contributed by atoms with van der Waals surface area (Å²) in [6.45, 7) is 1.37. The summed E-state index contributed by atoms with van der Waals surface area (Å²) in [7, 11) is 0. The molecule has 0 aromatic heterocycles. The number of para-hydroxylation sites is 1. The van der Waals surface area contributed by atoms with Gasteiger partial charge in [0, 0.05) is 5.69 Å². The Morgan fingerprint density at radius 2 is 2.08 bits per heavy atom. The normalized spacial score (nSPS) is 11.8. The molecule has 1 unspecified atom stereocenters. The topological polar surface area (TPSA) is 58.6 Å². The van der Waals surface area contributed by atoms with Gasteiger partial charge in [-0.05, 0) is 19.1 Å². The number of hydrogen-bond acceptors (Lipinski definition) is 3. The minimum atomic E-state index is -1.09. The third kappa shape index (κ3) is 3.57. The Morgan fingerprint density at radius 3 is 2.62 bits per heavy atom. The number of anilines is 1. The maximum absolute atomic E-state index is 10.9. The van der Waals surface area contributed by atoms with Crippen molar-refractivity contribution in [1.29, 1.82) is 0 Å². The summed E-state index contributed by atoms with van der Waals surface area (Å²) >= 11 is 0. The van der Waals surface area contributed by atoms with Crippen molar-refractivity contribution in [3.8, 4) is 0 Å². The van der Waals surface area contributed by atoms with Gasteiger partial charge in [-0.15, -0.1) is 0 Å². The Morgan fingerprint density at radius 1 is 1.46 bits per heavy atom. The van der Waals surface area contributed by atoms with Crippen LogP contribution in [0.5, 0.6) is 0 Å². The van der Waals surface area contributed by atoms with E-state index in [0.29, 0.717) is 5.69 Å². The highest BCUT2D eigenvalue weighted by Gasteiger charge is 2.04. The third-order valence-corrected chi connectivity index (χ3v) is 1.30. The monoisotopic (exact) mass is 181 g/mol. The number of benzene rings is 1. The maximum atomic E-state index is 10.9. The van der Waals surface area contributed by atoms with Gasteiger partial charge >= 0.3 is 6.09 Å². The molecule has 0 saturated carbocycles. The van der Waals surface area contributed by atoms with Crippen LogP contribution in [0, 0.1) is 0 Å². The molecule has 1 aromatic rings. The van der Waals surface area contributed by atoms with Crippen LogP contribution in [0.2, 0.25) is 0 Å². The smallest absolute Gasteiger partial charge is 0.413 e. The van der Waals surface area contributed by atoms with E-state index >= 15 is 0 Å². The van der Waals surface area contributed by atoms with Crippen LogP contribution in [-0.4, -0.2) is 17.5 Å². The molecule has 13 heavy (non-hydrogen) atoms. The molecule has 0 spiro atoms. The van der Waals surface area contributed by atoms with Crippen molar-refractivity contribution in [3.05, 3.63) is 30.3 Å². The van der Waals surface area contributed by atoms with Crippen LogP contribution in [0.25, 0.3) is 0 Å². The number of nitrogens with one attached hydrogen (secondary N) is 1. The Kier molecular flexibility index (Phi) is 3.28. The van der Waals surface area contributed by atoms with Gasteiger partial charge < -0.3 is 9.84 Å². The van der Waals surface area contributed by atoms with Crippen LogP contribution >= 0.6 is 0 Å². The van der Waals surface area contributed by atoms with E-state index in [1.54, 1.807) is 24.3 Å². The number of carbonyl (C=O) groups is 1. The summed E-state index contributed by atoms with van der Waals surface area (Å²) < 4.78 is 4.46. The fraction of sp³-hybridized carbons (Fsp3) is 0.222. The van der Waals surface area contributed by atoms with Crippen LogP contribution in [0.15, 0.2) is 30.3 Å². The van der Waals surface area contributed by atoms with Crippen molar-refractivity contribution in [2.45, 2.75) is 13.2 Å². The lowest BCUT2D eigenvalue weighted by Crippen LogP contribution is -2.19. The predicted molar refractivity (Wildman–Crippen MR) is 48.2 cm³/mol. The fourth-order valence-corrected chi connectivity index (χ4v) is 0.824. The number of aliphatic hydroxyl groups is 1. The predicted octanol–water partition coefficient (Wildman–Crippen LogP) is 1.57. The van der Waals surface area contributed by atoms with Gasteiger partial charge in [0.2, 0.25) is 0 Å². The second-order valence-electron chi connectivity index (χ2n) is 2.50. The van der Waals surface area contributed by atoms with Crippen molar-refractivity contribution in [1.82, 2.24) is 0 Å². The molecule has 1 atom stereocenters. The zero-order chi connectivity index (χ0) is 9.68. The molecule has 1 aromatic carbocycles. The molecule has 0 aliphatic heterocycles. The third-order valence-electron chi connectivity index (χ3n) is 1.30. The van der Waals surface area contributed by atoms with Crippen LogP contribution < -0.4 is 5.32 Å². The Balaban J connectivity index is 2.46. The van der Waals surface area contributed by atoms with Crippen molar-refractivity contribution < 1.29 is 14.6 Å². The molecule has 0 saturated heterocycles. The number of hydrogen-bond donors (Lipinski definition) is 2. The number of rotatable bonds is 2. The van der Waals surface area contributed by atoms with Gasteiger partial charge in [0.1, 0.15) is 0 Å². The molecule has 1 rings (SSSR count). The first kappa shape index (κ1) is 9.54. The minimum absolute atomic E-state index is 0.633. The summed E-state index contributed by atoms with van der Waals surface area (Å²) in [5, 5.41) is 11.2.